The topological polar surface area (TPSA) is 81.0 Å². The number of aromatic nitrogens is 3. The number of nitrogens with one attached hydrogen (secondary N) is 2. The average molecular weight is 445 g/mol. The van der Waals surface area contributed by atoms with E-state index in [9.17, 15) is 22.8 Å². The molecule has 1 fully saturated rings. The molecule has 2 amide bonds. The Morgan fingerprint density at radius 2 is 1.91 bits per heavy atom. The summed E-state index contributed by atoms with van der Waals surface area (Å²) < 4.78 is 42.0. The highest BCUT2D eigenvalue weighted by atomic mass is 19.4. The van der Waals surface area contributed by atoms with Crippen LogP contribution in [0.2, 0.25) is 0 Å². The number of urea groups is 1. The molecular weight excluding hydrogens is 423 g/mol. The van der Waals surface area contributed by atoms with Gasteiger partial charge in [-0.3, -0.25) is 4.57 Å². The van der Waals surface area contributed by atoms with Gasteiger partial charge in [-0.05, 0) is 49.6 Å². The second-order valence-electron chi connectivity index (χ2n) is 7.76. The molecule has 2 N–H and O–H groups in total. The maximum absolute atomic E-state index is 13.1. The molecule has 10 heteroatoms. The van der Waals surface area contributed by atoms with Crippen LogP contribution in [0.3, 0.4) is 0 Å². The zero-order valence-corrected chi connectivity index (χ0v) is 17.3. The lowest BCUT2D eigenvalue weighted by molar-refractivity contribution is -0.137. The summed E-state index contributed by atoms with van der Waals surface area (Å²) in [4.78, 5) is 24.9. The summed E-state index contributed by atoms with van der Waals surface area (Å²) >= 11 is 0. The summed E-state index contributed by atoms with van der Waals surface area (Å²) in [5, 5.41) is 9.65. The number of halogens is 3. The molecule has 0 bridgehead atoms. The number of benzene rings is 2. The number of alkyl halides is 3. The monoisotopic (exact) mass is 445 g/mol. The molecule has 0 spiro atoms. The molecule has 1 aromatic heterocycles. The van der Waals surface area contributed by atoms with Crippen LogP contribution in [0.15, 0.2) is 53.3 Å². The van der Waals surface area contributed by atoms with Gasteiger partial charge < -0.3 is 10.6 Å². The number of hydrogen-bond donors (Lipinski definition) is 2. The highest BCUT2D eigenvalue weighted by molar-refractivity contribution is 5.89. The van der Waals surface area contributed by atoms with Gasteiger partial charge in [0.05, 0.1) is 12.1 Å². The van der Waals surface area contributed by atoms with Gasteiger partial charge in [0.1, 0.15) is 0 Å². The van der Waals surface area contributed by atoms with Crippen molar-refractivity contribution in [2.24, 2.45) is 0 Å². The van der Waals surface area contributed by atoms with E-state index in [1.165, 1.54) is 21.4 Å². The molecule has 1 aliphatic carbocycles. The van der Waals surface area contributed by atoms with Gasteiger partial charge in [0.15, 0.2) is 5.82 Å². The third-order valence-electron chi connectivity index (χ3n) is 5.12. The van der Waals surface area contributed by atoms with Crippen molar-refractivity contribution in [1.29, 1.82) is 0 Å². The number of carbonyl (C=O) groups excluding carboxylic acids is 1. The van der Waals surface area contributed by atoms with Crippen LogP contribution in [0, 0.1) is 6.92 Å². The van der Waals surface area contributed by atoms with Crippen LogP contribution in [-0.2, 0) is 12.7 Å². The number of nitrogens with zero attached hydrogens (tertiary/aromatic N) is 3. The fourth-order valence-electron chi connectivity index (χ4n) is 3.43. The Labute approximate surface area is 181 Å². The van der Waals surface area contributed by atoms with Crippen molar-refractivity contribution in [3.8, 4) is 11.4 Å². The van der Waals surface area contributed by atoms with Gasteiger partial charge in [-0.25, -0.2) is 14.3 Å². The summed E-state index contributed by atoms with van der Waals surface area (Å²) in [6, 6.07) is 11.6. The summed E-state index contributed by atoms with van der Waals surface area (Å²) in [7, 11) is 0. The molecule has 4 rings (SSSR count). The lowest BCUT2D eigenvalue weighted by Crippen LogP contribution is -2.34. The third-order valence-corrected chi connectivity index (χ3v) is 5.12. The first kappa shape index (κ1) is 21.7. The van der Waals surface area contributed by atoms with Gasteiger partial charge in [-0.2, -0.15) is 13.2 Å². The van der Waals surface area contributed by atoms with Gasteiger partial charge >= 0.3 is 17.9 Å². The number of hydrogen-bond acceptors (Lipinski definition) is 3. The van der Waals surface area contributed by atoms with Crippen molar-refractivity contribution >= 4 is 11.7 Å². The van der Waals surface area contributed by atoms with Gasteiger partial charge in [0, 0.05) is 23.8 Å². The molecule has 0 radical (unpaired) electrons. The minimum Gasteiger partial charge on any atom is -0.336 e. The first-order valence-electron chi connectivity index (χ1n) is 10.2. The molecule has 0 unspecified atom stereocenters. The van der Waals surface area contributed by atoms with Gasteiger partial charge in [0.25, 0.3) is 0 Å². The molecule has 0 atom stereocenters. The van der Waals surface area contributed by atoms with E-state index in [2.05, 4.69) is 15.7 Å². The van der Waals surface area contributed by atoms with Crippen LogP contribution < -0.4 is 16.3 Å². The average Bonchev–Trinajstić information content (AvgIpc) is 3.51. The zero-order valence-electron chi connectivity index (χ0n) is 17.3. The number of carbonyl (C=O) groups is 1. The number of rotatable bonds is 6. The van der Waals surface area contributed by atoms with E-state index in [4.69, 9.17) is 0 Å². The predicted molar refractivity (Wildman–Crippen MR) is 113 cm³/mol. The summed E-state index contributed by atoms with van der Waals surface area (Å²) in [6.07, 6.45) is -2.94. The van der Waals surface area contributed by atoms with Crippen molar-refractivity contribution in [1.82, 2.24) is 19.7 Å². The van der Waals surface area contributed by atoms with Crippen LogP contribution >= 0.6 is 0 Å². The van der Waals surface area contributed by atoms with Crippen LogP contribution in [0.4, 0.5) is 23.7 Å². The Morgan fingerprint density at radius 3 is 2.59 bits per heavy atom. The molecule has 32 heavy (non-hydrogen) atoms. The van der Waals surface area contributed by atoms with Crippen molar-refractivity contribution in [3.63, 3.8) is 0 Å². The predicted octanol–water partition coefficient (Wildman–Crippen LogP) is 4.20. The van der Waals surface area contributed by atoms with Crippen molar-refractivity contribution in [2.75, 3.05) is 11.9 Å². The van der Waals surface area contributed by atoms with Gasteiger partial charge in [-0.1, -0.05) is 24.3 Å². The smallest absolute Gasteiger partial charge is 0.336 e. The highest BCUT2D eigenvalue weighted by Crippen LogP contribution is 2.37. The largest absolute Gasteiger partial charge is 0.416 e. The van der Waals surface area contributed by atoms with E-state index in [1.54, 1.807) is 6.07 Å². The summed E-state index contributed by atoms with van der Waals surface area (Å²) in [5.41, 5.74) is 0.675. The lowest BCUT2D eigenvalue weighted by Gasteiger charge is -2.09. The van der Waals surface area contributed by atoms with Crippen LogP contribution in [-0.4, -0.2) is 26.9 Å². The normalized spacial score (nSPS) is 13.8. The molecule has 3 aromatic rings. The first-order chi connectivity index (χ1) is 15.2. The molecule has 0 saturated heterocycles. The molecule has 1 saturated carbocycles. The fourth-order valence-corrected chi connectivity index (χ4v) is 3.43. The highest BCUT2D eigenvalue weighted by Gasteiger charge is 2.33. The number of amides is 2. The van der Waals surface area contributed by atoms with Gasteiger partial charge in [-0.15, -0.1) is 5.10 Å². The Balaban J connectivity index is 1.49. The Hall–Kier alpha value is -3.56. The van der Waals surface area contributed by atoms with Crippen LogP contribution in [0.1, 0.15) is 30.0 Å². The van der Waals surface area contributed by atoms with E-state index in [1.807, 2.05) is 25.1 Å². The Bertz CT molecular complexity index is 1190. The minimum absolute atomic E-state index is 0.0710. The quantitative estimate of drug-likeness (QED) is 0.597. The second-order valence-corrected chi connectivity index (χ2v) is 7.76. The second kappa shape index (κ2) is 8.52. The van der Waals surface area contributed by atoms with E-state index < -0.39 is 23.5 Å². The Kier molecular flexibility index (Phi) is 5.77. The molecule has 2 aromatic carbocycles. The van der Waals surface area contributed by atoms with E-state index in [0.717, 1.165) is 30.5 Å². The Morgan fingerprint density at radius 1 is 1.16 bits per heavy atom. The number of aryl methyl sites for hydroxylation is 1. The minimum atomic E-state index is -4.49. The van der Waals surface area contributed by atoms with Crippen LogP contribution in [0.5, 0.6) is 0 Å². The third kappa shape index (κ3) is 4.84. The fraction of sp³-hybridized carbons (Fsp3) is 0.318. The van der Waals surface area contributed by atoms with Gasteiger partial charge in [0.2, 0.25) is 0 Å². The summed E-state index contributed by atoms with van der Waals surface area (Å²) in [6.45, 7) is 2.13. The molecule has 0 aliphatic heterocycles. The lowest BCUT2D eigenvalue weighted by atomic mass is 10.1. The molecular formula is C22H22F3N5O2. The standard InChI is InChI=1S/C22H22F3N5O2/c1-14-4-2-7-17(12-14)27-20(31)26-10-11-29-21(32)30(18-8-9-18)19(28-29)15-5-3-6-16(13-15)22(23,24)25/h2-7,12-13,18H,8-11H2,1H3,(H2,26,27,31). The maximum Gasteiger partial charge on any atom is 0.416 e. The first-order valence-corrected chi connectivity index (χ1v) is 10.2. The molecule has 1 heterocycles. The van der Waals surface area contributed by atoms with Crippen molar-refractivity contribution in [3.05, 3.63) is 70.1 Å². The summed E-state index contributed by atoms with van der Waals surface area (Å²) in [5.74, 6) is 0.202. The zero-order chi connectivity index (χ0) is 22.9. The number of anilines is 1. The van der Waals surface area contributed by atoms with E-state index in [0.29, 0.717) is 5.69 Å². The van der Waals surface area contributed by atoms with Crippen molar-refractivity contribution in [2.45, 2.75) is 38.5 Å². The molecule has 168 valence electrons. The molecule has 1 aliphatic rings. The van der Waals surface area contributed by atoms with E-state index >= 15 is 0 Å². The SMILES string of the molecule is Cc1cccc(NC(=O)NCCn2nc(-c3cccc(C(F)(F)F)c3)n(C3CC3)c2=O)c1. The maximum atomic E-state index is 13.1. The van der Waals surface area contributed by atoms with Crippen molar-refractivity contribution < 1.29 is 18.0 Å². The van der Waals surface area contributed by atoms with Crippen LogP contribution in [0.25, 0.3) is 11.4 Å². The molecule has 7 nitrogen and oxygen atoms in total. The van der Waals surface area contributed by atoms with E-state index in [-0.39, 0.29) is 30.5 Å².